The van der Waals surface area contributed by atoms with Gasteiger partial charge in [0.15, 0.2) is 5.96 Å². The van der Waals surface area contributed by atoms with Crippen LogP contribution in [-0.2, 0) is 33.6 Å². The topological polar surface area (TPSA) is 83.0 Å². The Kier molecular flexibility index (Phi) is 10.4. The Hall–Kier alpha value is -1.69. The van der Waals surface area contributed by atoms with E-state index in [1.807, 2.05) is 24.3 Å². The summed E-state index contributed by atoms with van der Waals surface area (Å²) in [5, 5.41) is 6.64. The Bertz CT molecular complexity index is 1020. The molecule has 1 aliphatic rings. The van der Waals surface area contributed by atoms with Gasteiger partial charge in [-0.05, 0) is 36.1 Å². The molecule has 7 nitrogen and oxygen atoms in total. The second-order valence-electron chi connectivity index (χ2n) is 7.75. The fourth-order valence-electron chi connectivity index (χ4n) is 3.61. The molecule has 3 rings (SSSR count). The Labute approximate surface area is 208 Å². The van der Waals surface area contributed by atoms with Gasteiger partial charge in [0.2, 0.25) is 10.0 Å². The number of morpholine rings is 1. The summed E-state index contributed by atoms with van der Waals surface area (Å²) in [5.41, 5.74) is 5.43. The van der Waals surface area contributed by atoms with E-state index in [1.54, 1.807) is 7.05 Å². The normalized spacial score (nSPS) is 15.2. The van der Waals surface area contributed by atoms with Crippen LogP contribution in [-0.4, -0.2) is 52.0 Å². The highest BCUT2D eigenvalue weighted by molar-refractivity contribution is 14.0. The van der Waals surface area contributed by atoms with E-state index in [0.29, 0.717) is 45.4 Å². The number of ether oxygens (including phenoxy) is 1. The lowest BCUT2D eigenvalue weighted by atomic mass is 10.1. The van der Waals surface area contributed by atoms with E-state index >= 15 is 0 Å². The van der Waals surface area contributed by atoms with E-state index in [1.165, 1.54) is 21.0 Å². The molecular weight excluding hydrogens is 539 g/mol. The second-order valence-corrected chi connectivity index (χ2v) is 9.71. The number of sulfonamides is 1. The quantitative estimate of drug-likeness (QED) is 0.303. The summed E-state index contributed by atoms with van der Waals surface area (Å²) in [7, 11) is -1.65. The first-order chi connectivity index (χ1) is 14.9. The predicted molar refractivity (Wildman–Crippen MR) is 140 cm³/mol. The highest BCUT2D eigenvalue weighted by Crippen LogP contribution is 2.17. The van der Waals surface area contributed by atoms with Crippen LogP contribution in [0.1, 0.15) is 27.8 Å². The Morgan fingerprint density at radius 2 is 1.62 bits per heavy atom. The van der Waals surface area contributed by atoms with E-state index in [2.05, 4.69) is 47.7 Å². The zero-order valence-electron chi connectivity index (χ0n) is 18.9. The van der Waals surface area contributed by atoms with E-state index < -0.39 is 10.0 Å². The number of hydrogen-bond acceptors (Lipinski definition) is 4. The standard InChI is InChI=1S/C23H32N4O3S.HI/c1-18-8-9-20(19(2)14-18)15-25-23(24-3)26-16-21-6-4-5-7-22(21)17-31(28,29)27-10-12-30-13-11-27;/h4-9,14H,10-13,15-17H2,1-3H3,(H2,24,25,26);1H. The summed E-state index contributed by atoms with van der Waals surface area (Å²) in [5.74, 6) is 0.658. The molecule has 0 bridgehead atoms. The van der Waals surface area contributed by atoms with Crippen LogP contribution in [0.4, 0.5) is 0 Å². The molecular formula is C23H33IN4O3S. The van der Waals surface area contributed by atoms with Gasteiger partial charge in [0.05, 0.1) is 19.0 Å². The zero-order chi connectivity index (χ0) is 22.3. The van der Waals surface area contributed by atoms with Crippen molar-refractivity contribution in [2.75, 3.05) is 33.4 Å². The first kappa shape index (κ1) is 26.6. The number of halogens is 1. The first-order valence-electron chi connectivity index (χ1n) is 10.5. The molecule has 1 heterocycles. The molecule has 9 heteroatoms. The van der Waals surface area contributed by atoms with Crippen LogP contribution >= 0.6 is 24.0 Å². The molecule has 1 aliphatic heterocycles. The third-order valence-electron chi connectivity index (χ3n) is 5.43. The van der Waals surface area contributed by atoms with Gasteiger partial charge in [0.25, 0.3) is 0 Å². The van der Waals surface area contributed by atoms with Crippen LogP contribution < -0.4 is 10.6 Å². The third kappa shape index (κ3) is 7.43. The molecule has 0 saturated carbocycles. The number of hydrogen-bond donors (Lipinski definition) is 2. The van der Waals surface area contributed by atoms with Gasteiger partial charge in [-0.3, -0.25) is 4.99 Å². The van der Waals surface area contributed by atoms with Gasteiger partial charge in [-0.25, -0.2) is 8.42 Å². The number of benzene rings is 2. The molecule has 2 aromatic carbocycles. The lowest BCUT2D eigenvalue weighted by Gasteiger charge is -2.26. The molecule has 0 unspecified atom stereocenters. The van der Waals surface area contributed by atoms with Gasteiger partial charge in [0, 0.05) is 33.2 Å². The average molecular weight is 573 g/mol. The lowest BCUT2D eigenvalue weighted by molar-refractivity contribution is 0.0729. The van der Waals surface area contributed by atoms with E-state index in [-0.39, 0.29) is 29.7 Å². The van der Waals surface area contributed by atoms with Crippen molar-refractivity contribution in [2.24, 2.45) is 4.99 Å². The van der Waals surface area contributed by atoms with Crippen LogP contribution in [0.15, 0.2) is 47.5 Å². The van der Waals surface area contributed by atoms with Crippen LogP contribution in [0.2, 0.25) is 0 Å². The first-order valence-corrected chi connectivity index (χ1v) is 12.1. The van der Waals surface area contributed by atoms with Crippen molar-refractivity contribution >= 4 is 40.0 Å². The molecule has 32 heavy (non-hydrogen) atoms. The summed E-state index contributed by atoms with van der Waals surface area (Å²) in [6.07, 6.45) is 0. The van der Waals surface area contributed by atoms with E-state index in [9.17, 15) is 8.42 Å². The monoisotopic (exact) mass is 572 g/mol. The fourth-order valence-corrected chi connectivity index (χ4v) is 5.17. The molecule has 1 fully saturated rings. The second kappa shape index (κ2) is 12.5. The maximum Gasteiger partial charge on any atom is 0.218 e. The molecule has 0 atom stereocenters. The number of nitrogens with one attached hydrogen (secondary N) is 2. The highest BCUT2D eigenvalue weighted by atomic mass is 127. The van der Waals surface area contributed by atoms with Crippen molar-refractivity contribution in [2.45, 2.75) is 32.7 Å². The largest absolute Gasteiger partial charge is 0.379 e. The maximum absolute atomic E-state index is 12.8. The van der Waals surface area contributed by atoms with Crippen LogP contribution in [0, 0.1) is 13.8 Å². The number of aliphatic imine (C=N–C) groups is 1. The number of rotatable bonds is 7. The van der Waals surface area contributed by atoms with E-state index in [4.69, 9.17) is 4.74 Å². The maximum atomic E-state index is 12.8. The van der Waals surface area contributed by atoms with Crippen LogP contribution in [0.25, 0.3) is 0 Å². The average Bonchev–Trinajstić information content (AvgIpc) is 2.76. The summed E-state index contributed by atoms with van der Waals surface area (Å²) in [4.78, 5) is 4.30. The van der Waals surface area contributed by atoms with Crippen LogP contribution in [0.3, 0.4) is 0 Å². The predicted octanol–water partition coefficient (Wildman–Crippen LogP) is 2.95. The third-order valence-corrected chi connectivity index (χ3v) is 7.26. The molecule has 0 amide bonds. The van der Waals surface area contributed by atoms with Gasteiger partial charge in [-0.15, -0.1) is 24.0 Å². The minimum Gasteiger partial charge on any atom is -0.379 e. The molecule has 0 radical (unpaired) electrons. The van der Waals surface area contributed by atoms with Crippen molar-refractivity contribution in [3.8, 4) is 0 Å². The van der Waals surface area contributed by atoms with Crippen molar-refractivity contribution in [1.82, 2.24) is 14.9 Å². The summed E-state index contributed by atoms with van der Waals surface area (Å²) in [6.45, 7) is 7.07. The minimum absolute atomic E-state index is 0. The molecule has 2 aromatic rings. The van der Waals surface area contributed by atoms with Crippen molar-refractivity contribution in [3.63, 3.8) is 0 Å². The molecule has 1 saturated heterocycles. The van der Waals surface area contributed by atoms with Crippen molar-refractivity contribution < 1.29 is 13.2 Å². The van der Waals surface area contributed by atoms with Gasteiger partial charge in [-0.2, -0.15) is 4.31 Å². The SMILES string of the molecule is CN=C(NCc1ccc(C)cc1C)NCc1ccccc1CS(=O)(=O)N1CCOCC1.I. The number of guanidine groups is 1. The highest BCUT2D eigenvalue weighted by Gasteiger charge is 2.25. The summed E-state index contributed by atoms with van der Waals surface area (Å²) >= 11 is 0. The molecule has 0 aromatic heterocycles. The van der Waals surface area contributed by atoms with Crippen molar-refractivity contribution in [1.29, 1.82) is 0 Å². The Morgan fingerprint density at radius 3 is 2.25 bits per heavy atom. The van der Waals surface area contributed by atoms with Gasteiger partial charge >= 0.3 is 0 Å². The van der Waals surface area contributed by atoms with Crippen molar-refractivity contribution in [3.05, 3.63) is 70.3 Å². The van der Waals surface area contributed by atoms with Gasteiger partial charge < -0.3 is 15.4 Å². The zero-order valence-corrected chi connectivity index (χ0v) is 22.1. The van der Waals surface area contributed by atoms with E-state index in [0.717, 1.165) is 11.1 Å². The van der Waals surface area contributed by atoms with Crippen LogP contribution in [0.5, 0.6) is 0 Å². The number of nitrogens with zero attached hydrogens (tertiary/aromatic N) is 2. The smallest absolute Gasteiger partial charge is 0.218 e. The lowest BCUT2D eigenvalue weighted by Crippen LogP contribution is -2.41. The van der Waals surface area contributed by atoms with Gasteiger partial charge in [0.1, 0.15) is 0 Å². The molecule has 2 N–H and O–H groups in total. The Morgan fingerprint density at radius 1 is 1.00 bits per heavy atom. The summed E-state index contributed by atoms with van der Waals surface area (Å²) in [6, 6.07) is 14.0. The summed E-state index contributed by atoms with van der Waals surface area (Å²) < 4.78 is 32.5. The number of aryl methyl sites for hydroxylation is 2. The molecule has 176 valence electrons. The van der Waals surface area contributed by atoms with Gasteiger partial charge in [-0.1, -0.05) is 48.0 Å². The molecule has 0 spiro atoms. The molecule has 0 aliphatic carbocycles. The minimum atomic E-state index is -3.38. The fraction of sp³-hybridized carbons (Fsp3) is 0.435. The Balaban J connectivity index is 0.00000363.